The van der Waals surface area contributed by atoms with E-state index in [0.29, 0.717) is 23.3 Å². The standard InChI is InChI=1S/2C11H9N3.C10H8N4.Ru/c2*1-2-6-10(7-3-1)13-14-11-8-4-5-9-12-11;1-3-7-11-9(5-1)13-14-10-6-2-4-8-12-10;/h2*1-9H;1-8H;/b;;14-13+;. The summed E-state index contributed by atoms with van der Waals surface area (Å²) >= 11 is 0. The normalized spacial score (nSPS) is 10.3. The van der Waals surface area contributed by atoms with Crippen molar-refractivity contribution in [2.24, 2.45) is 30.7 Å². The monoisotopic (exact) mass is 652 g/mol. The molecule has 43 heavy (non-hydrogen) atoms. The molecule has 11 heteroatoms. The molecule has 0 bridgehead atoms. The minimum Gasteiger partial charge on any atom is -0.236 e. The number of aromatic nitrogens is 4. The smallest absolute Gasteiger partial charge is 0.174 e. The van der Waals surface area contributed by atoms with Crippen LogP contribution < -0.4 is 0 Å². The van der Waals surface area contributed by atoms with Gasteiger partial charge in [-0.3, -0.25) is 0 Å². The van der Waals surface area contributed by atoms with Crippen molar-refractivity contribution in [2.75, 3.05) is 0 Å². The first-order valence-electron chi connectivity index (χ1n) is 12.8. The Morgan fingerprint density at radius 3 is 0.791 bits per heavy atom. The molecule has 6 aromatic rings. The molecule has 0 aliphatic heterocycles. The van der Waals surface area contributed by atoms with E-state index in [9.17, 15) is 0 Å². The molecule has 0 unspecified atom stereocenters. The molecule has 0 aliphatic carbocycles. The summed E-state index contributed by atoms with van der Waals surface area (Å²) < 4.78 is 0. The quantitative estimate of drug-likeness (QED) is 0.131. The van der Waals surface area contributed by atoms with Crippen LogP contribution in [0.3, 0.4) is 0 Å². The topological polar surface area (TPSA) is 126 Å². The molecule has 0 radical (unpaired) electrons. The number of hydrogen-bond donors (Lipinski definition) is 0. The summed E-state index contributed by atoms with van der Waals surface area (Å²) in [5, 5.41) is 23.9. The van der Waals surface area contributed by atoms with E-state index in [4.69, 9.17) is 0 Å². The molecule has 2 aromatic carbocycles. The first-order chi connectivity index (χ1) is 20.8. The molecule has 0 N–H and O–H groups in total. The van der Waals surface area contributed by atoms with Crippen molar-refractivity contribution in [3.63, 3.8) is 0 Å². The molecule has 0 amide bonds. The van der Waals surface area contributed by atoms with E-state index in [-0.39, 0.29) is 19.5 Å². The van der Waals surface area contributed by atoms with E-state index in [1.807, 2.05) is 121 Å². The third-order valence-electron chi connectivity index (χ3n) is 4.90. The fraction of sp³-hybridized carbons (Fsp3) is 0. The van der Waals surface area contributed by atoms with Gasteiger partial charge in [0.1, 0.15) is 0 Å². The summed E-state index contributed by atoms with van der Waals surface area (Å²) in [6.45, 7) is 0. The van der Waals surface area contributed by atoms with Crippen LogP contribution in [0.25, 0.3) is 0 Å². The Morgan fingerprint density at radius 1 is 0.279 bits per heavy atom. The van der Waals surface area contributed by atoms with Gasteiger partial charge in [-0.2, -0.15) is 0 Å². The summed E-state index contributed by atoms with van der Waals surface area (Å²) in [4.78, 5) is 16.1. The number of hydrogen-bond acceptors (Lipinski definition) is 10. The SMILES string of the molecule is [Ru].c1ccc(/N=N/c2ccccn2)nc1.c1ccc(N=Nc2ccccn2)cc1.c1ccc(N=Nc2ccccn2)cc1. The molecular weight excluding hydrogens is 625 g/mol. The van der Waals surface area contributed by atoms with Crippen molar-refractivity contribution in [1.82, 2.24) is 19.9 Å². The number of nitrogens with zero attached hydrogens (tertiary/aromatic N) is 10. The van der Waals surface area contributed by atoms with Gasteiger partial charge >= 0.3 is 0 Å². The van der Waals surface area contributed by atoms with Crippen LogP contribution in [0.5, 0.6) is 0 Å². The van der Waals surface area contributed by atoms with Gasteiger partial charge < -0.3 is 0 Å². The predicted octanol–water partition coefficient (Wildman–Crippen LogP) is 9.88. The maximum Gasteiger partial charge on any atom is 0.174 e. The first kappa shape index (κ1) is 32.0. The second kappa shape index (κ2) is 19.5. The Balaban J connectivity index is 0.000000175. The summed E-state index contributed by atoms with van der Waals surface area (Å²) in [6, 6.07) is 41.2. The van der Waals surface area contributed by atoms with Crippen LogP contribution in [0.15, 0.2) is 189 Å². The molecular formula is C32H26N10Ru. The number of benzene rings is 2. The summed E-state index contributed by atoms with van der Waals surface area (Å²) in [7, 11) is 0. The third-order valence-corrected chi connectivity index (χ3v) is 4.90. The Bertz CT molecular complexity index is 1310. The molecule has 212 valence electrons. The zero-order chi connectivity index (χ0) is 28.9. The van der Waals surface area contributed by atoms with Crippen molar-refractivity contribution in [1.29, 1.82) is 0 Å². The van der Waals surface area contributed by atoms with Crippen molar-refractivity contribution < 1.29 is 19.5 Å². The molecule has 0 saturated carbocycles. The van der Waals surface area contributed by atoms with Gasteiger partial charge in [0, 0.05) is 44.3 Å². The van der Waals surface area contributed by atoms with Crippen molar-refractivity contribution >= 4 is 34.6 Å². The Labute approximate surface area is 262 Å². The van der Waals surface area contributed by atoms with Crippen LogP contribution in [-0.2, 0) is 19.5 Å². The number of rotatable bonds is 6. The van der Waals surface area contributed by atoms with Gasteiger partial charge in [-0.05, 0) is 72.8 Å². The van der Waals surface area contributed by atoms with E-state index in [0.717, 1.165) is 11.4 Å². The van der Waals surface area contributed by atoms with Gasteiger partial charge in [-0.25, -0.2) is 19.9 Å². The largest absolute Gasteiger partial charge is 0.236 e. The van der Waals surface area contributed by atoms with E-state index in [1.54, 1.807) is 36.9 Å². The molecule has 0 saturated heterocycles. The second-order valence-electron chi connectivity index (χ2n) is 8.02. The van der Waals surface area contributed by atoms with Gasteiger partial charge in [0.2, 0.25) is 0 Å². The van der Waals surface area contributed by atoms with Crippen LogP contribution in [0, 0.1) is 0 Å². The number of pyridine rings is 4. The first-order valence-corrected chi connectivity index (χ1v) is 12.8. The average molecular weight is 652 g/mol. The van der Waals surface area contributed by atoms with Crippen LogP contribution in [0.4, 0.5) is 34.6 Å². The minimum atomic E-state index is 0. The van der Waals surface area contributed by atoms with E-state index in [2.05, 4.69) is 50.6 Å². The van der Waals surface area contributed by atoms with Gasteiger partial charge in [0.15, 0.2) is 23.3 Å². The maximum atomic E-state index is 4.04. The molecule has 0 spiro atoms. The third kappa shape index (κ3) is 13.1. The molecule has 6 rings (SSSR count). The zero-order valence-corrected chi connectivity index (χ0v) is 24.6. The van der Waals surface area contributed by atoms with Crippen molar-refractivity contribution in [2.45, 2.75) is 0 Å². The molecule has 4 heterocycles. The van der Waals surface area contributed by atoms with Crippen LogP contribution >= 0.6 is 0 Å². The summed E-state index contributed by atoms with van der Waals surface area (Å²) in [6.07, 6.45) is 6.73. The van der Waals surface area contributed by atoms with Gasteiger partial charge in [-0.1, -0.05) is 60.7 Å². The summed E-state index contributed by atoms with van der Waals surface area (Å²) in [5.41, 5.74) is 1.66. The van der Waals surface area contributed by atoms with Crippen LogP contribution in [0.2, 0.25) is 0 Å². The summed E-state index contributed by atoms with van der Waals surface area (Å²) in [5.74, 6) is 2.41. The second-order valence-corrected chi connectivity index (χ2v) is 8.02. The zero-order valence-electron chi connectivity index (χ0n) is 22.8. The van der Waals surface area contributed by atoms with E-state index < -0.39 is 0 Å². The van der Waals surface area contributed by atoms with Gasteiger partial charge in [0.05, 0.1) is 11.4 Å². The van der Waals surface area contributed by atoms with Crippen molar-refractivity contribution in [3.8, 4) is 0 Å². The van der Waals surface area contributed by atoms with Gasteiger partial charge in [0.25, 0.3) is 0 Å². The maximum absolute atomic E-state index is 4.04. The fourth-order valence-corrected chi connectivity index (χ4v) is 2.96. The molecule has 10 nitrogen and oxygen atoms in total. The van der Waals surface area contributed by atoms with Crippen LogP contribution in [-0.4, -0.2) is 19.9 Å². The predicted molar refractivity (Wildman–Crippen MR) is 162 cm³/mol. The van der Waals surface area contributed by atoms with Crippen LogP contribution in [0.1, 0.15) is 0 Å². The molecule has 0 aliphatic rings. The van der Waals surface area contributed by atoms with E-state index >= 15 is 0 Å². The Morgan fingerprint density at radius 2 is 0.535 bits per heavy atom. The average Bonchev–Trinajstić information content (AvgIpc) is 3.09. The molecule has 0 fully saturated rings. The fourth-order valence-electron chi connectivity index (χ4n) is 2.96. The Hall–Kier alpha value is -5.54. The minimum absolute atomic E-state index is 0. The van der Waals surface area contributed by atoms with Crippen molar-refractivity contribution in [3.05, 3.63) is 158 Å². The molecule has 4 aromatic heterocycles. The number of azo groups is 3. The molecule has 0 atom stereocenters. The Kier molecular flexibility index (Phi) is 14.5. The van der Waals surface area contributed by atoms with Gasteiger partial charge in [-0.15, -0.1) is 30.7 Å². The van der Waals surface area contributed by atoms with E-state index in [1.165, 1.54) is 0 Å².